The van der Waals surface area contributed by atoms with Gasteiger partial charge in [0, 0.05) is 30.2 Å². The van der Waals surface area contributed by atoms with Gasteiger partial charge in [-0.05, 0) is 60.6 Å². The number of aliphatic carboxylic acids is 1. The van der Waals surface area contributed by atoms with Crippen molar-refractivity contribution in [3.63, 3.8) is 0 Å². The zero-order valence-corrected chi connectivity index (χ0v) is 20.0. The molecule has 3 aromatic rings. The number of pyridine rings is 2. The van der Waals surface area contributed by atoms with E-state index in [0.29, 0.717) is 12.0 Å². The van der Waals surface area contributed by atoms with Gasteiger partial charge in [0.25, 0.3) is 5.56 Å². The van der Waals surface area contributed by atoms with E-state index in [2.05, 4.69) is 10.3 Å². The molecule has 178 valence electrons. The van der Waals surface area contributed by atoms with Crippen molar-refractivity contribution in [3.8, 4) is 11.1 Å². The van der Waals surface area contributed by atoms with Gasteiger partial charge in [-0.1, -0.05) is 38.1 Å². The van der Waals surface area contributed by atoms with E-state index in [4.69, 9.17) is 0 Å². The summed E-state index contributed by atoms with van der Waals surface area (Å²) in [6.45, 7) is 7.97. The van der Waals surface area contributed by atoms with E-state index in [1.165, 1.54) is 10.6 Å². The van der Waals surface area contributed by atoms with Crippen molar-refractivity contribution in [2.45, 2.75) is 52.6 Å². The third kappa shape index (κ3) is 5.98. The lowest BCUT2D eigenvalue weighted by atomic mass is 9.94. The van der Waals surface area contributed by atoms with E-state index in [-0.39, 0.29) is 17.9 Å². The van der Waals surface area contributed by atoms with Crippen LogP contribution >= 0.6 is 0 Å². The molecule has 0 spiro atoms. The number of carbonyl (C=O) groups is 2. The normalized spacial score (nSPS) is 12.9. The Morgan fingerprint density at radius 3 is 2.38 bits per heavy atom. The fourth-order valence-corrected chi connectivity index (χ4v) is 4.24. The standard InChI is InChI=1S/C27H31N3O4/c1-17(2)12-23(30-11-6-5-10-24(30)31)27(34)29-22(14-25(32)33)20-13-21(16-28-15-20)26-18(3)8-7-9-19(26)4/h5-11,13,15-17,22-23H,12,14H2,1-4H3,(H,29,34)(H,32,33). The summed E-state index contributed by atoms with van der Waals surface area (Å²) in [5, 5.41) is 12.4. The van der Waals surface area contributed by atoms with E-state index in [1.807, 2.05) is 52.0 Å². The summed E-state index contributed by atoms with van der Waals surface area (Å²) >= 11 is 0. The minimum Gasteiger partial charge on any atom is -0.481 e. The molecule has 1 aromatic carbocycles. The van der Waals surface area contributed by atoms with Crippen LogP contribution in [0.15, 0.2) is 65.8 Å². The Bertz CT molecular complexity index is 1210. The molecule has 0 aliphatic rings. The molecule has 34 heavy (non-hydrogen) atoms. The maximum absolute atomic E-state index is 13.4. The van der Waals surface area contributed by atoms with Crippen molar-refractivity contribution < 1.29 is 14.7 Å². The van der Waals surface area contributed by atoms with Gasteiger partial charge in [0.1, 0.15) is 6.04 Å². The molecule has 7 nitrogen and oxygen atoms in total. The zero-order valence-electron chi connectivity index (χ0n) is 20.0. The first kappa shape index (κ1) is 24.9. The number of rotatable bonds is 9. The van der Waals surface area contributed by atoms with Crippen LogP contribution in [0.2, 0.25) is 0 Å². The van der Waals surface area contributed by atoms with Gasteiger partial charge >= 0.3 is 5.97 Å². The quantitative estimate of drug-likeness (QED) is 0.490. The third-order valence-electron chi connectivity index (χ3n) is 5.81. The van der Waals surface area contributed by atoms with Gasteiger partial charge in [-0.2, -0.15) is 0 Å². The van der Waals surface area contributed by atoms with Gasteiger partial charge in [0.2, 0.25) is 5.91 Å². The van der Waals surface area contributed by atoms with Crippen molar-refractivity contribution in [2.75, 3.05) is 0 Å². The summed E-state index contributed by atoms with van der Waals surface area (Å²) in [7, 11) is 0. The Balaban J connectivity index is 1.97. The molecule has 3 rings (SSSR count). The summed E-state index contributed by atoms with van der Waals surface area (Å²) in [6.07, 6.45) is 5.04. The van der Waals surface area contributed by atoms with Gasteiger partial charge in [-0.15, -0.1) is 0 Å². The van der Waals surface area contributed by atoms with Crippen LogP contribution in [0.5, 0.6) is 0 Å². The van der Waals surface area contributed by atoms with Crippen LogP contribution < -0.4 is 10.9 Å². The Kier molecular flexibility index (Phi) is 7.99. The van der Waals surface area contributed by atoms with Crippen molar-refractivity contribution in [1.82, 2.24) is 14.9 Å². The van der Waals surface area contributed by atoms with Crippen LogP contribution in [0.1, 0.15) is 55.5 Å². The highest BCUT2D eigenvalue weighted by Crippen LogP contribution is 2.29. The molecule has 0 fully saturated rings. The third-order valence-corrected chi connectivity index (χ3v) is 5.81. The van der Waals surface area contributed by atoms with E-state index in [0.717, 1.165) is 22.3 Å². The molecule has 0 aliphatic heterocycles. The molecule has 2 unspecified atom stereocenters. The van der Waals surface area contributed by atoms with Crippen LogP contribution in [0.3, 0.4) is 0 Å². The molecule has 0 saturated carbocycles. The van der Waals surface area contributed by atoms with Crippen molar-refractivity contribution >= 4 is 11.9 Å². The molecule has 0 radical (unpaired) electrons. The van der Waals surface area contributed by atoms with Gasteiger partial charge in [-0.25, -0.2) is 0 Å². The number of aromatic nitrogens is 2. The molecular formula is C27H31N3O4. The summed E-state index contributed by atoms with van der Waals surface area (Å²) in [4.78, 5) is 41.8. The zero-order chi connectivity index (χ0) is 24.8. The SMILES string of the molecule is Cc1cccc(C)c1-c1cncc(C(CC(=O)O)NC(=O)C(CC(C)C)n2ccccc2=O)c1. The van der Waals surface area contributed by atoms with E-state index in [1.54, 1.807) is 30.7 Å². The first-order valence-corrected chi connectivity index (χ1v) is 11.4. The van der Waals surface area contributed by atoms with Crippen molar-refractivity contribution in [3.05, 3.63) is 88.1 Å². The number of carboxylic acids is 1. The lowest BCUT2D eigenvalue weighted by Crippen LogP contribution is -2.40. The number of nitrogens with zero attached hydrogens (tertiary/aromatic N) is 2. The number of hydrogen-bond donors (Lipinski definition) is 2. The van der Waals surface area contributed by atoms with E-state index >= 15 is 0 Å². The molecule has 0 saturated heterocycles. The second-order valence-electron chi connectivity index (χ2n) is 9.02. The van der Waals surface area contributed by atoms with E-state index < -0.39 is 24.0 Å². The molecule has 0 bridgehead atoms. The fourth-order valence-electron chi connectivity index (χ4n) is 4.24. The average molecular weight is 462 g/mol. The number of hydrogen-bond acceptors (Lipinski definition) is 4. The highest BCUT2D eigenvalue weighted by molar-refractivity contribution is 5.82. The molecule has 2 heterocycles. The predicted molar refractivity (Wildman–Crippen MR) is 131 cm³/mol. The summed E-state index contributed by atoms with van der Waals surface area (Å²) in [5.74, 6) is -1.29. The maximum Gasteiger partial charge on any atom is 0.305 e. The number of amides is 1. The van der Waals surface area contributed by atoms with Gasteiger partial charge in [0.05, 0.1) is 12.5 Å². The smallest absolute Gasteiger partial charge is 0.305 e. The highest BCUT2D eigenvalue weighted by atomic mass is 16.4. The molecule has 2 N–H and O–H groups in total. The largest absolute Gasteiger partial charge is 0.481 e. The van der Waals surface area contributed by atoms with Gasteiger partial charge in [0.15, 0.2) is 0 Å². The summed E-state index contributed by atoms with van der Waals surface area (Å²) < 4.78 is 1.40. The Morgan fingerprint density at radius 1 is 1.06 bits per heavy atom. The van der Waals surface area contributed by atoms with Crippen LogP contribution in [-0.2, 0) is 9.59 Å². The lowest BCUT2D eigenvalue weighted by Gasteiger charge is -2.25. The Hall–Kier alpha value is -3.74. The topological polar surface area (TPSA) is 101 Å². The first-order valence-electron chi connectivity index (χ1n) is 11.4. The van der Waals surface area contributed by atoms with Gasteiger partial charge < -0.3 is 15.0 Å². The van der Waals surface area contributed by atoms with Gasteiger partial charge in [-0.3, -0.25) is 19.4 Å². The van der Waals surface area contributed by atoms with Crippen LogP contribution in [0, 0.1) is 19.8 Å². The molecule has 2 atom stereocenters. The Morgan fingerprint density at radius 2 is 1.76 bits per heavy atom. The fraction of sp³-hybridized carbons (Fsp3) is 0.333. The molecule has 0 aliphatic carbocycles. The monoisotopic (exact) mass is 461 g/mol. The van der Waals surface area contributed by atoms with Crippen molar-refractivity contribution in [1.29, 1.82) is 0 Å². The number of benzene rings is 1. The van der Waals surface area contributed by atoms with Crippen LogP contribution in [0.25, 0.3) is 11.1 Å². The molecule has 2 aromatic heterocycles. The molecule has 1 amide bonds. The summed E-state index contributed by atoms with van der Waals surface area (Å²) in [5.41, 5.74) is 4.37. The number of nitrogens with one attached hydrogen (secondary N) is 1. The van der Waals surface area contributed by atoms with Crippen molar-refractivity contribution in [2.24, 2.45) is 5.92 Å². The molecular weight excluding hydrogens is 430 g/mol. The van der Waals surface area contributed by atoms with E-state index in [9.17, 15) is 19.5 Å². The lowest BCUT2D eigenvalue weighted by molar-refractivity contribution is -0.138. The Labute approximate surface area is 199 Å². The molecule has 7 heteroatoms. The van der Waals surface area contributed by atoms with Crippen LogP contribution in [-0.4, -0.2) is 26.5 Å². The van der Waals surface area contributed by atoms with Crippen LogP contribution in [0.4, 0.5) is 0 Å². The minimum atomic E-state index is -1.04. The minimum absolute atomic E-state index is 0.148. The predicted octanol–water partition coefficient (Wildman–Crippen LogP) is 4.45. The average Bonchev–Trinajstić information content (AvgIpc) is 2.77. The second-order valence-corrected chi connectivity index (χ2v) is 9.02. The number of aryl methyl sites for hydroxylation is 2. The highest BCUT2D eigenvalue weighted by Gasteiger charge is 2.27. The summed E-state index contributed by atoms with van der Waals surface area (Å²) in [6, 6.07) is 11.1. The number of carboxylic acid groups (broad SMARTS) is 1. The number of carbonyl (C=O) groups excluding carboxylic acids is 1. The first-order chi connectivity index (χ1) is 16.2. The maximum atomic E-state index is 13.4. The second kappa shape index (κ2) is 10.9.